The number of sulfone groups is 1. The molecule has 1 aromatic rings. The van der Waals surface area contributed by atoms with Crippen molar-refractivity contribution < 1.29 is 8.42 Å². The number of hydrogen-bond acceptors (Lipinski definition) is 3. The first-order valence-electron chi connectivity index (χ1n) is 6.87. The van der Waals surface area contributed by atoms with Gasteiger partial charge >= 0.3 is 0 Å². The van der Waals surface area contributed by atoms with Crippen molar-refractivity contribution in [3.05, 3.63) is 29.8 Å². The van der Waals surface area contributed by atoms with Crippen LogP contribution in [-0.2, 0) is 16.3 Å². The van der Waals surface area contributed by atoms with E-state index in [4.69, 9.17) is 0 Å². The minimum Gasteiger partial charge on any atom is -0.313 e. The lowest BCUT2D eigenvalue weighted by atomic mass is 9.96. The Hall–Kier alpha value is -0.870. The van der Waals surface area contributed by atoms with Crippen LogP contribution in [0.5, 0.6) is 0 Å². The predicted molar refractivity (Wildman–Crippen MR) is 80.2 cm³/mol. The lowest BCUT2D eigenvalue weighted by Crippen LogP contribution is -2.36. The quantitative estimate of drug-likeness (QED) is 0.837. The summed E-state index contributed by atoms with van der Waals surface area (Å²) in [7, 11) is -3.09. The molecule has 1 unspecified atom stereocenters. The zero-order chi connectivity index (χ0) is 14.5. The van der Waals surface area contributed by atoms with Crippen molar-refractivity contribution >= 4 is 9.84 Å². The Morgan fingerprint density at radius 1 is 1.16 bits per heavy atom. The van der Waals surface area contributed by atoms with Crippen LogP contribution in [0, 0.1) is 5.92 Å². The molecule has 0 radical (unpaired) electrons. The van der Waals surface area contributed by atoms with E-state index in [1.165, 1.54) is 11.8 Å². The van der Waals surface area contributed by atoms with Crippen LogP contribution in [0.1, 0.15) is 32.8 Å². The fourth-order valence-corrected chi connectivity index (χ4v) is 2.63. The normalized spacial score (nSPS) is 13.7. The van der Waals surface area contributed by atoms with E-state index in [2.05, 4.69) is 26.1 Å². The summed E-state index contributed by atoms with van der Waals surface area (Å²) >= 11 is 0. The van der Waals surface area contributed by atoms with E-state index in [0.29, 0.717) is 16.9 Å². The zero-order valence-corrected chi connectivity index (χ0v) is 13.1. The van der Waals surface area contributed by atoms with Crippen LogP contribution in [0.2, 0.25) is 0 Å². The van der Waals surface area contributed by atoms with E-state index in [1.807, 2.05) is 12.1 Å². The lowest BCUT2D eigenvalue weighted by Gasteiger charge is -2.22. The van der Waals surface area contributed by atoms with Crippen molar-refractivity contribution in [1.29, 1.82) is 0 Å². The monoisotopic (exact) mass is 283 g/mol. The molecule has 1 rings (SSSR count). The third kappa shape index (κ3) is 5.33. The van der Waals surface area contributed by atoms with Crippen LogP contribution >= 0.6 is 0 Å². The van der Waals surface area contributed by atoms with Gasteiger partial charge in [0.15, 0.2) is 9.84 Å². The molecule has 0 fully saturated rings. The molecule has 0 heterocycles. The summed E-state index contributed by atoms with van der Waals surface area (Å²) < 4.78 is 22.8. The maximum Gasteiger partial charge on any atom is 0.175 e. The van der Waals surface area contributed by atoms with E-state index in [-0.39, 0.29) is 0 Å². The van der Waals surface area contributed by atoms with Crippen molar-refractivity contribution in [1.82, 2.24) is 5.32 Å². The van der Waals surface area contributed by atoms with Gasteiger partial charge in [-0.3, -0.25) is 0 Å². The van der Waals surface area contributed by atoms with Crippen LogP contribution in [0.4, 0.5) is 0 Å². The predicted octanol–water partition coefficient (Wildman–Crippen LogP) is 2.66. The molecule has 0 spiro atoms. The Morgan fingerprint density at radius 2 is 1.74 bits per heavy atom. The Kier molecular flexibility index (Phi) is 6.01. The summed E-state index contributed by atoms with van der Waals surface area (Å²) in [5.74, 6) is 0.557. The number of benzene rings is 1. The van der Waals surface area contributed by atoms with Gasteiger partial charge in [0.05, 0.1) is 4.90 Å². The minimum atomic E-state index is -3.09. The molecular formula is C15H25NO2S. The third-order valence-corrected chi connectivity index (χ3v) is 4.40. The molecular weight excluding hydrogens is 258 g/mol. The molecule has 0 amide bonds. The molecule has 0 aliphatic carbocycles. The summed E-state index contributed by atoms with van der Waals surface area (Å²) in [4.78, 5) is 0.388. The SMILES string of the molecule is CCCNC(Cc1ccc(S(C)(=O)=O)cc1)C(C)C. The molecule has 1 aromatic carbocycles. The largest absolute Gasteiger partial charge is 0.313 e. The minimum absolute atomic E-state index is 0.388. The van der Waals surface area contributed by atoms with Crippen LogP contribution < -0.4 is 5.32 Å². The van der Waals surface area contributed by atoms with Gasteiger partial charge in [-0.25, -0.2) is 8.42 Å². The Balaban J connectivity index is 2.75. The van der Waals surface area contributed by atoms with Crippen molar-refractivity contribution in [2.24, 2.45) is 5.92 Å². The smallest absolute Gasteiger partial charge is 0.175 e. The maximum atomic E-state index is 11.4. The van der Waals surface area contributed by atoms with Gasteiger partial charge in [-0.1, -0.05) is 32.9 Å². The second-order valence-electron chi connectivity index (χ2n) is 5.42. The molecule has 1 atom stereocenters. The van der Waals surface area contributed by atoms with Gasteiger partial charge in [0.2, 0.25) is 0 Å². The van der Waals surface area contributed by atoms with Gasteiger partial charge in [0.25, 0.3) is 0 Å². The second kappa shape index (κ2) is 7.06. The fraction of sp³-hybridized carbons (Fsp3) is 0.600. The van der Waals surface area contributed by atoms with Crippen LogP contribution in [0.25, 0.3) is 0 Å². The highest BCUT2D eigenvalue weighted by Crippen LogP contribution is 2.14. The summed E-state index contributed by atoms with van der Waals surface area (Å²) in [6.45, 7) is 7.59. The average molecular weight is 283 g/mol. The van der Waals surface area contributed by atoms with E-state index in [0.717, 1.165) is 19.4 Å². The fourth-order valence-electron chi connectivity index (χ4n) is 2.00. The van der Waals surface area contributed by atoms with Crippen molar-refractivity contribution in [3.8, 4) is 0 Å². The van der Waals surface area contributed by atoms with Crippen molar-refractivity contribution in [2.45, 2.75) is 44.6 Å². The third-order valence-electron chi connectivity index (χ3n) is 3.27. The van der Waals surface area contributed by atoms with E-state index in [9.17, 15) is 8.42 Å². The van der Waals surface area contributed by atoms with Crippen LogP contribution in [0.15, 0.2) is 29.2 Å². The molecule has 1 N–H and O–H groups in total. The van der Waals surface area contributed by atoms with Gasteiger partial charge in [-0.2, -0.15) is 0 Å². The second-order valence-corrected chi connectivity index (χ2v) is 7.44. The maximum absolute atomic E-state index is 11.4. The Bertz CT molecular complexity index is 477. The number of rotatable bonds is 7. The molecule has 0 saturated heterocycles. The molecule has 3 nitrogen and oxygen atoms in total. The first kappa shape index (κ1) is 16.2. The molecule has 19 heavy (non-hydrogen) atoms. The van der Waals surface area contributed by atoms with Crippen molar-refractivity contribution in [3.63, 3.8) is 0 Å². The summed E-state index contributed by atoms with van der Waals surface area (Å²) in [5.41, 5.74) is 1.18. The first-order chi connectivity index (χ1) is 8.84. The van der Waals surface area contributed by atoms with Crippen molar-refractivity contribution in [2.75, 3.05) is 12.8 Å². The molecule has 0 aliphatic rings. The van der Waals surface area contributed by atoms with E-state index >= 15 is 0 Å². The Labute approximate surface area is 117 Å². The molecule has 0 aliphatic heterocycles. The van der Waals surface area contributed by atoms with Crippen LogP contribution in [-0.4, -0.2) is 27.3 Å². The summed E-state index contributed by atoms with van der Waals surface area (Å²) in [6.07, 6.45) is 3.29. The highest BCUT2D eigenvalue weighted by atomic mass is 32.2. The molecule has 0 saturated carbocycles. The van der Waals surface area contributed by atoms with Gasteiger partial charge in [-0.15, -0.1) is 0 Å². The topological polar surface area (TPSA) is 46.2 Å². The van der Waals surface area contributed by atoms with Gasteiger partial charge in [0, 0.05) is 12.3 Å². The van der Waals surface area contributed by atoms with E-state index in [1.54, 1.807) is 12.1 Å². The summed E-state index contributed by atoms with van der Waals surface area (Å²) in [5, 5.41) is 3.54. The Morgan fingerprint density at radius 3 is 2.16 bits per heavy atom. The van der Waals surface area contributed by atoms with Gasteiger partial charge < -0.3 is 5.32 Å². The lowest BCUT2D eigenvalue weighted by molar-refractivity contribution is 0.397. The number of hydrogen-bond donors (Lipinski definition) is 1. The number of nitrogens with one attached hydrogen (secondary N) is 1. The molecule has 4 heteroatoms. The molecule has 108 valence electrons. The standard InChI is InChI=1S/C15H25NO2S/c1-5-10-16-15(12(2)3)11-13-6-8-14(9-7-13)19(4,17)18/h6-9,12,15-16H,5,10-11H2,1-4H3. The van der Waals surface area contributed by atoms with Gasteiger partial charge in [0.1, 0.15) is 0 Å². The summed E-state index contributed by atoms with van der Waals surface area (Å²) in [6, 6.07) is 7.66. The molecule has 0 bridgehead atoms. The zero-order valence-electron chi connectivity index (χ0n) is 12.3. The first-order valence-corrected chi connectivity index (χ1v) is 8.76. The molecule has 0 aromatic heterocycles. The van der Waals surface area contributed by atoms with Gasteiger partial charge in [-0.05, 0) is 43.0 Å². The average Bonchev–Trinajstić information content (AvgIpc) is 2.33. The highest BCUT2D eigenvalue weighted by molar-refractivity contribution is 7.90. The van der Waals surface area contributed by atoms with E-state index < -0.39 is 9.84 Å². The highest BCUT2D eigenvalue weighted by Gasteiger charge is 2.13. The van der Waals surface area contributed by atoms with Crippen LogP contribution in [0.3, 0.4) is 0 Å².